The van der Waals surface area contributed by atoms with E-state index < -0.39 is 0 Å². The van der Waals surface area contributed by atoms with Crippen molar-refractivity contribution in [2.75, 3.05) is 13.1 Å². The lowest BCUT2D eigenvalue weighted by Gasteiger charge is -2.16. The topological polar surface area (TPSA) is 62.1 Å². The Labute approximate surface area is 106 Å². The highest BCUT2D eigenvalue weighted by molar-refractivity contribution is 6.05. The van der Waals surface area contributed by atoms with Crippen molar-refractivity contribution in [3.8, 4) is 0 Å². The largest absolute Gasteiger partial charge is 0.361 e. The van der Waals surface area contributed by atoms with E-state index in [1.165, 1.54) is 0 Å². The van der Waals surface area contributed by atoms with Gasteiger partial charge in [-0.3, -0.25) is 4.79 Å². The number of nitrogens with zero attached hydrogens (tertiary/aromatic N) is 1. The molecule has 0 aliphatic carbocycles. The molecular formula is C14H17N3O. The number of hydrogen-bond acceptors (Lipinski definition) is 2. The molecule has 1 aromatic carbocycles. The molecule has 2 heterocycles. The number of nitrogens with two attached hydrogens (primary N) is 1. The Morgan fingerprint density at radius 1 is 1.39 bits per heavy atom. The van der Waals surface area contributed by atoms with Crippen molar-refractivity contribution < 1.29 is 4.79 Å². The van der Waals surface area contributed by atoms with Crippen molar-refractivity contribution in [3.63, 3.8) is 0 Å². The average molecular weight is 243 g/mol. The summed E-state index contributed by atoms with van der Waals surface area (Å²) in [6.07, 6.45) is 1.86. The fourth-order valence-corrected chi connectivity index (χ4v) is 2.59. The van der Waals surface area contributed by atoms with E-state index in [1.807, 2.05) is 35.4 Å². The van der Waals surface area contributed by atoms with Gasteiger partial charge in [0.1, 0.15) is 0 Å². The first-order valence-electron chi connectivity index (χ1n) is 6.28. The van der Waals surface area contributed by atoms with Gasteiger partial charge in [-0.05, 0) is 18.1 Å². The zero-order chi connectivity index (χ0) is 12.7. The maximum absolute atomic E-state index is 12.5. The van der Waals surface area contributed by atoms with Gasteiger partial charge in [0.2, 0.25) is 0 Å². The third-order valence-electron chi connectivity index (χ3n) is 3.78. The van der Waals surface area contributed by atoms with Gasteiger partial charge in [-0.25, -0.2) is 0 Å². The smallest absolute Gasteiger partial charge is 0.256 e. The van der Waals surface area contributed by atoms with Gasteiger partial charge in [0.15, 0.2) is 0 Å². The fraction of sp³-hybridized carbons (Fsp3) is 0.357. The Hall–Kier alpha value is -1.81. The van der Waals surface area contributed by atoms with Gasteiger partial charge in [-0.2, -0.15) is 0 Å². The van der Waals surface area contributed by atoms with Gasteiger partial charge in [0.25, 0.3) is 5.91 Å². The molecule has 3 rings (SSSR count). The second-order valence-corrected chi connectivity index (χ2v) is 5.10. The van der Waals surface area contributed by atoms with Gasteiger partial charge in [0.05, 0.1) is 11.1 Å². The molecule has 1 fully saturated rings. The van der Waals surface area contributed by atoms with Crippen molar-refractivity contribution in [2.24, 2.45) is 11.7 Å². The second-order valence-electron chi connectivity index (χ2n) is 5.10. The first-order chi connectivity index (χ1) is 8.66. The molecule has 0 bridgehead atoms. The molecule has 1 aliphatic heterocycles. The molecule has 2 aromatic rings. The number of nitrogens with one attached hydrogen (secondary N) is 1. The number of fused-ring (bicyclic) bond motifs is 1. The third kappa shape index (κ3) is 1.69. The predicted molar refractivity (Wildman–Crippen MR) is 71.3 cm³/mol. The molecule has 1 aromatic heterocycles. The summed E-state index contributed by atoms with van der Waals surface area (Å²) < 4.78 is 0. The minimum atomic E-state index is 0.0721. The first kappa shape index (κ1) is 11.3. The van der Waals surface area contributed by atoms with Crippen LogP contribution in [0.25, 0.3) is 10.9 Å². The number of aromatic nitrogens is 1. The van der Waals surface area contributed by atoms with Crippen LogP contribution in [0, 0.1) is 5.92 Å². The normalized spacial score (nSPS) is 23.8. The van der Waals surface area contributed by atoms with Gasteiger partial charge in [0, 0.05) is 30.7 Å². The van der Waals surface area contributed by atoms with E-state index in [0.717, 1.165) is 23.0 Å². The molecule has 2 unspecified atom stereocenters. The number of hydrogen-bond donors (Lipinski definition) is 2. The van der Waals surface area contributed by atoms with Crippen LogP contribution in [0.2, 0.25) is 0 Å². The molecule has 94 valence electrons. The van der Waals surface area contributed by atoms with Crippen LogP contribution in [0.3, 0.4) is 0 Å². The molecule has 2 atom stereocenters. The Kier molecular flexibility index (Phi) is 2.59. The SMILES string of the molecule is CC1CN(C(=O)c2cccc3cc[nH]c23)CC1N. The molecule has 0 spiro atoms. The number of carbonyl (C=O) groups is 1. The van der Waals surface area contributed by atoms with Crippen molar-refractivity contribution >= 4 is 16.8 Å². The van der Waals surface area contributed by atoms with Gasteiger partial charge in [-0.1, -0.05) is 19.1 Å². The number of aromatic amines is 1. The van der Waals surface area contributed by atoms with Crippen LogP contribution in [-0.2, 0) is 0 Å². The van der Waals surface area contributed by atoms with E-state index in [0.29, 0.717) is 12.5 Å². The molecular weight excluding hydrogens is 226 g/mol. The molecule has 3 N–H and O–H groups in total. The molecule has 0 saturated carbocycles. The van der Waals surface area contributed by atoms with Crippen molar-refractivity contribution in [1.82, 2.24) is 9.88 Å². The quantitative estimate of drug-likeness (QED) is 0.799. The fourth-order valence-electron chi connectivity index (χ4n) is 2.59. The Morgan fingerprint density at radius 2 is 2.22 bits per heavy atom. The van der Waals surface area contributed by atoms with Gasteiger partial charge < -0.3 is 15.6 Å². The number of benzene rings is 1. The number of para-hydroxylation sites is 1. The molecule has 1 aliphatic rings. The zero-order valence-corrected chi connectivity index (χ0v) is 10.4. The number of H-pyrrole nitrogens is 1. The van der Waals surface area contributed by atoms with E-state index >= 15 is 0 Å². The maximum atomic E-state index is 12.5. The monoisotopic (exact) mass is 243 g/mol. The summed E-state index contributed by atoms with van der Waals surface area (Å²) in [4.78, 5) is 17.5. The standard InChI is InChI=1S/C14H17N3O/c1-9-7-17(8-12(9)15)14(18)11-4-2-3-10-5-6-16-13(10)11/h2-6,9,12,16H,7-8,15H2,1H3. The highest BCUT2D eigenvalue weighted by Gasteiger charge is 2.30. The highest BCUT2D eigenvalue weighted by Crippen LogP contribution is 2.22. The number of amides is 1. The van der Waals surface area contributed by atoms with E-state index in [1.54, 1.807) is 0 Å². The lowest BCUT2D eigenvalue weighted by Crippen LogP contribution is -2.32. The summed E-state index contributed by atoms with van der Waals surface area (Å²) >= 11 is 0. The Morgan fingerprint density at radius 3 is 2.94 bits per heavy atom. The van der Waals surface area contributed by atoms with Crippen molar-refractivity contribution in [2.45, 2.75) is 13.0 Å². The van der Waals surface area contributed by atoms with Crippen molar-refractivity contribution in [3.05, 3.63) is 36.0 Å². The van der Waals surface area contributed by atoms with E-state index in [4.69, 9.17) is 5.73 Å². The van der Waals surface area contributed by atoms with E-state index in [-0.39, 0.29) is 11.9 Å². The lowest BCUT2D eigenvalue weighted by molar-refractivity contribution is 0.0788. The van der Waals surface area contributed by atoms with E-state index in [2.05, 4.69) is 11.9 Å². The molecule has 4 nitrogen and oxygen atoms in total. The predicted octanol–water partition coefficient (Wildman–Crippen LogP) is 1.59. The highest BCUT2D eigenvalue weighted by atomic mass is 16.2. The summed E-state index contributed by atoms with van der Waals surface area (Å²) in [5.74, 6) is 0.444. The second kappa shape index (κ2) is 4.14. The molecule has 18 heavy (non-hydrogen) atoms. The molecule has 4 heteroatoms. The first-order valence-corrected chi connectivity index (χ1v) is 6.28. The number of likely N-dealkylation sites (tertiary alicyclic amines) is 1. The van der Waals surface area contributed by atoms with Crippen LogP contribution in [0.4, 0.5) is 0 Å². The number of carbonyl (C=O) groups excluding carboxylic acids is 1. The summed E-state index contributed by atoms with van der Waals surface area (Å²) in [5, 5.41) is 1.07. The lowest BCUT2D eigenvalue weighted by atomic mass is 10.1. The Balaban J connectivity index is 1.95. The van der Waals surface area contributed by atoms with Crippen LogP contribution in [0.15, 0.2) is 30.5 Å². The van der Waals surface area contributed by atoms with Gasteiger partial charge >= 0.3 is 0 Å². The Bertz CT molecular complexity index is 579. The van der Waals surface area contributed by atoms with Crippen LogP contribution in [0.1, 0.15) is 17.3 Å². The van der Waals surface area contributed by atoms with Crippen LogP contribution >= 0.6 is 0 Å². The number of rotatable bonds is 1. The minimum Gasteiger partial charge on any atom is -0.361 e. The third-order valence-corrected chi connectivity index (χ3v) is 3.78. The summed E-state index contributed by atoms with van der Waals surface area (Å²) in [6.45, 7) is 3.49. The van der Waals surface area contributed by atoms with E-state index in [9.17, 15) is 4.79 Å². The average Bonchev–Trinajstić information content (AvgIpc) is 2.95. The van der Waals surface area contributed by atoms with Gasteiger partial charge in [-0.15, -0.1) is 0 Å². The van der Waals surface area contributed by atoms with Crippen molar-refractivity contribution in [1.29, 1.82) is 0 Å². The zero-order valence-electron chi connectivity index (χ0n) is 10.4. The molecule has 1 amide bonds. The van der Waals surface area contributed by atoms with Crippen LogP contribution < -0.4 is 5.73 Å². The summed E-state index contributed by atoms with van der Waals surface area (Å²) in [7, 11) is 0. The van der Waals surface area contributed by atoms with Crippen LogP contribution in [0.5, 0.6) is 0 Å². The molecule has 0 radical (unpaired) electrons. The summed E-state index contributed by atoms with van der Waals surface area (Å²) in [6, 6.07) is 7.86. The summed E-state index contributed by atoms with van der Waals surface area (Å²) in [5.41, 5.74) is 7.62. The van der Waals surface area contributed by atoms with Crippen LogP contribution in [-0.4, -0.2) is 34.9 Å². The molecule has 1 saturated heterocycles. The maximum Gasteiger partial charge on any atom is 0.256 e. The minimum absolute atomic E-state index is 0.0721.